The number of rotatable bonds is 4. The minimum absolute atomic E-state index is 0.748. The van der Waals surface area contributed by atoms with Gasteiger partial charge in [-0.1, -0.05) is 33.6 Å². The van der Waals surface area contributed by atoms with Crippen LogP contribution >= 0.6 is 38.9 Å². The third-order valence-corrected chi connectivity index (χ3v) is 3.87. The van der Waals surface area contributed by atoms with E-state index in [0.717, 1.165) is 22.6 Å². The van der Waals surface area contributed by atoms with Crippen molar-refractivity contribution in [3.63, 3.8) is 0 Å². The topological polar surface area (TPSA) is 24.9 Å². The smallest absolute Gasteiger partial charge is 0.0794 e. The summed E-state index contributed by atoms with van der Waals surface area (Å²) >= 11 is 11.0. The van der Waals surface area contributed by atoms with Crippen LogP contribution in [0.5, 0.6) is 0 Å². The minimum atomic E-state index is 0.748. The van der Waals surface area contributed by atoms with Gasteiger partial charge in [0.1, 0.15) is 0 Å². The zero-order valence-electron chi connectivity index (χ0n) is 8.41. The highest BCUT2D eigenvalue weighted by Crippen LogP contribution is 2.21. The van der Waals surface area contributed by atoms with Crippen molar-refractivity contribution in [2.75, 3.05) is 0 Å². The zero-order chi connectivity index (χ0) is 11.4. The van der Waals surface area contributed by atoms with Crippen molar-refractivity contribution in [2.45, 2.75) is 13.1 Å². The fraction of sp³-hybridized carbons (Fsp3) is 0.182. The number of thiazole rings is 1. The van der Waals surface area contributed by atoms with Gasteiger partial charge in [0, 0.05) is 33.7 Å². The summed E-state index contributed by atoms with van der Waals surface area (Å²) in [6.45, 7) is 1.66. The second-order valence-electron chi connectivity index (χ2n) is 3.31. The lowest BCUT2D eigenvalue weighted by atomic mass is 10.2. The van der Waals surface area contributed by atoms with Crippen LogP contribution in [0.25, 0.3) is 0 Å². The molecule has 84 valence electrons. The Labute approximate surface area is 112 Å². The lowest BCUT2D eigenvalue weighted by molar-refractivity contribution is 0.698. The van der Waals surface area contributed by atoms with Crippen molar-refractivity contribution in [1.82, 2.24) is 10.3 Å². The Kier molecular flexibility index (Phi) is 4.35. The quantitative estimate of drug-likeness (QED) is 0.926. The first-order chi connectivity index (χ1) is 7.75. The molecule has 0 amide bonds. The highest BCUT2D eigenvalue weighted by Gasteiger charge is 2.00. The molecule has 1 aromatic carbocycles. The average molecular weight is 318 g/mol. The molecule has 0 fully saturated rings. The van der Waals surface area contributed by atoms with E-state index in [1.807, 2.05) is 29.9 Å². The number of nitrogens with zero attached hydrogens (tertiary/aromatic N) is 1. The first-order valence-electron chi connectivity index (χ1n) is 4.78. The molecule has 5 heteroatoms. The molecule has 0 aliphatic carbocycles. The Hall–Kier alpha value is -0.420. The molecule has 2 rings (SSSR count). The number of hydrogen-bond acceptors (Lipinski definition) is 3. The summed E-state index contributed by atoms with van der Waals surface area (Å²) < 4.78 is 1.04. The fourth-order valence-corrected chi connectivity index (χ4v) is 2.70. The summed E-state index contributed by atoms with van der Waals surface area (Å²) in [5.41, 5.74) is 3.05. The van der Waals surface area contributed by atoms with Crippen molar-refractivity contribution in [3.05, 3.63) is 49.8 Å². The van der Waals surface area contributed by atoms with E-state index >= 15 is 0 Å². The first-order valence-corrected chi connectivity index (χ1v) is 6.83. The third kappa shape index (κ3) is 3.28. The van der Waals surface area contributed by atoms with Gasteiger partial charge in [-0.15, -0.1) is 11.3 Å². The Balaban J connectivity index is 1.90. The van der Waals surface area contributed by atoms with E-state index in [-0.39, 0.29) is 0 Å². The van der Waals surface area contributed by atoms with Crippen LogP contribution in [0.2, 0.25) is 5.02 Å². The van der Waals surface area contributed by atoms with Crippen LogP contribution in [0.3, 0.4) is 0 Å². The van der Waals surface area contributed by atoms with Crippen LogP contribution in [0.15, 0.2) is 34.4 Å². The lowest BCUT2D eigenvalue weighted by Crippen LogP contribution is -2.12. The van der Waals surface area contributed by atoms with E-state index in [1.54, 1.807) is 11.3 Å². The number of benzene rings is 1. The van der Waals surface area contributed by atoms with Gasteiger partial charge in [0.15, 0.2) is 0 Å². The van der Waals surface area contributed by atoms with Crippen molar-refractivity contribution < 1.29 is 0 Å². The second kappa shape index (κ2) is 5.77. The van der Waals surface area contributed by atoms with Crippen molar-refractivity contribution in [1.29, 1.82) is 0 Å². The molecule has 0 spiro atoms. The first kappa shape index (κ1) is 12.0. The van der Waals surface area contributed by atoms with Crippen molar-refractivity contribution in [2.24, 2.45) is 0 Å². The molecule has 1 N–H and O–H groups in total. The predicted molar refractivity (Wildman–Crippen MR) is 71.8 cm³/mol. The highest BCUT2D eigenvalue weighted by atomic mass is 79.9. The molecule has 0 atom stereocenters. The molecule has 0 aliphatic rings. The molecule has 0 aliphatic heterocycles. The number of hydrogen-bond donors (Lipinski definition) is 1. The fourth-order valence-electron chi connectivity index (χ4n) is 1.31. The maximum Gasteiger partial charge on any atom is 0.0794 e. The van der Waals surface area contributed by atoms with Crippen molar-refractivity contribution >= 4 is 38.9 Å². The predicted octanol–water partition coefficient (Wildman–Crippen LogP) is 3.85. The van der Waals surface area contributed by atoms with Crippen LogP contribution < -0.4 is 5.32 Å². The van der Waals surface area contributed by atoms with E-state index in [2.05, 4.69) is 26.2 Å². The maximum atomic E-state index is 5.88. The minimum Gasteiger partial charge on any atom is -0.308 e. The van der Waals surface area contributed by atoms with Crippen LogP contribution in [0, 0.1) is 0 Å². The van der Waals surface area contributed by atoms with Crippen LogP contribution in [-0.4, -0.2) is 4.98 Å². The normalized spacial score (nSPS) is 10.6. The molecule has 0 saturated heterocycles. The van der Waals surface area contributed by atoms with Gasteiger partial charge in [-0.05, 0) is 17.7 Å². The van der Waals surface area contributed by atoms with Crippen molar-refractivity contribution in [3.8, 4) is 0 Å². The van der Waals surface area contributed by atoms with Gasteiger partial charge in [0.2, 0.25) is 0 Å². The van der Waals surface area contributed by atoms with Crippen LogP contribution in [0.4, 0.5) is 0 Å². The van der Waals surface area contributed by atoms with Gasteiger partial charge in [0.25, 0.3) is 0 Å². The standard InChI is InChI=1S/C11H10BrClN2S/c12-11-3-9(13)2-1-8(11)4-14-5-10-6-15-7-16-10/h1-3,6-7,14H,4-5H2. The number of aromatic nitrogens is 1. The molecular formula is C11H10BrClN2S. The highest BCUT2D eigenvalue weighted by molar-refractivity contribution is 9.10. The van der Waals surface area contributed by atoms with Gasteiger partial charge < -0.3 is 5.32 Å². The molecule has 2 aromatic rings. The average Bonchev–Trinajstić information content (AvgIpc) is 2.74. The lowest BCUT2D eigenvalue weighted by Gasteiger charge is -2.06. The van der Waals surface area contributed by atoms with E-state index in [9.17, 15) is 0 Å². The molecule has 16 heavy (non-hydrogen) atoms. The Morgan fingerprint density at radius 2 is 2.25 bits per heavy atom. The summed E-state index contributed by atoms with van der Waals surface area (Å²) in [6.07, 6.45) is 1.88. The molecule has 1 aromatic heterocycles. The van der Waals surface area contributed by atoms with Gasteiger partial charge in [-0.3, -0.25) is 4.98 Å². The summed E-state index contributed by atoms with van der Waals surface area (Å²) in [5.74, 6) is 0. The maximum absolute atomic E-state index is 5.88. The third-order valence-electron chi connectivity index (χ3n) is 2.11. The van der Waals surface area contributed by atoms with E-state index in [0.29, 0.717) is 0 Å². The van der Waals surface area contributed by atoms with E-state index < -0.39 is 0 Å². The molecular weight excluding hydrogens is 308 g/mol. The summed E-state index contributed by atoms with van der Waals surface area (Å²) in [6, 6.07) is 5.83. The monoisotopic (exact) mass is 316 g/mol. The molecule has 0 unspecified atom stereocenters. The van der Waals surface area contributed by atoms with E-state index in [4.69, 9.17) is 11.6 Å². The SMILES string of the molecule is Clc1ccc(CNCc2cncs2)c(Br)c1. The molecule has 0 radical (unpaired) electrons. The van der Waals surface area contributed by atoms with Gasteiger partial charge >= 0.3 is 0 Å². The zero-order valence-corrected chi connectivity index (χ0v) is 11.6. The number of halogens is 2. The molecule has 2 nitrogen and oxygen atoms in total. The van der Waals surface area contributed by atoms with Gasteiger partial charge in [-0.2, -0.15) is 0 Å². The number of nitrogens with one attached hydrogen (secondary N) is 1. The summed E-state index contributed by atoms with van der Waals surface area (Å²) in [7, 11) is 0. The van der Waals surface area contributed by atoms with E-state index in [1.165, 1.54) is 10.4 Å². The Morgan fingerprint density at radius 1 is 1.38 bits per heavy atom. The molecule has 0 saturated carbocycles. The van der Waals surface area contributed by atoms with Gasteiger partial charge in [-0.25, -0.2) is 0 Å². The molecule has 1 heterocycles. The summed E-state index contributed by atoms with van der Waals surface area (Å²) in [5, 5.41) is 4.11. The Bertz CT molecular complexity index is 459. The summed E-state index contributed by atoms with van der Waals surface area (Å²) in [4.78, 5) is 5.27. The largest absolute Gasteiger partial charge is 0.308 e. The van der Waals surface area contributed by atoms with Crippen LogP contribution in [-0.2, 0) is 13.1 Å². The second-order valence-corrected chi connectivity index (χ2v) is 5.57. The van der Waals surface area contributed by atoms with Crippen LogP contribution in [0.1, 0.15) is 10.4 Å². The Morgan fingerprint density at radius 3 is 2.94 bits per heavy atom. The van der Waals surface area contributed by atoms with Gasteiger partial charge in [0.05, 0.1) is 5.51 Å². The molecule has 0 bridgehead atoms.